The molecule has 1 heterocycles. The molecule has 14 heteroatoms. The Balaban J connectivity index is 1.77. The quantitative estimate of drug-likeness (QED) is 0.218. The molecule has 2 amide bonds. The van der Waals surface area contributed by atoms with Crippen LogP contribution in [0.4, 0.5) is 13.9 Å². The molecule has 0 spiro atoms. The highest BCUT2D eigenvalue weighted by Gasteiger charge is 2.35. The van der Waals surface area contributed by atoms with Gasteiger partial charge in [-0.3, -0.25) is 14.3 Å². The average molecular weight is 583 g/mol. The molecular weight excluding hydrogens is 554 g/mol. The molecule has 2 aromatic carbocycles. The van der Waals surface area contributed by atoms with Gasteiger partial charge in [0.15, 0.2) is 5.13 Å². The molecule has 1 aromatic heterocycles. The Morgan fingerprint density at radius 2 is 1.67 bits per heavy atom. The van der Waals surface area contributed by atoms with Gasteiger partial charge in [-0.2, -0.15) is 0 Å². The van der Waals surface area contributed by atoms with E-state index in [-0.39, 0.29) is 29.4 Å². The van der Waals surface area contributed by atoms with E-state index >= 15 is 0 Å². The van der Waals surface area contributed by atoms with Gasteiger partial charge < -0.3 is 20.8 Å². The van der Waals surface area contributed by atoms with Crippen molar-refractivity contribution in [2.45, 2.75) is 38.1 Å². The van der Waals surface area contributed by atoms with Gasteiger partial charge in [-0.15, -0.1) is 11.3 Å². The van der Waals surface area contributed by atoms with Crippen LogP contribution in [0.3, 0.4) is 0 Å². The molecule has 10 nitrogen and oxygen atoms in total. The van der Waals surface area contributed by atoms with Crippen LogP contribution in [0.15, 0.2) is 53.9 Å². The molecule has 3 rings (SSSR count). The van der Waals surface area contributed by atoms with Crippen LogP contribution in [0.25, 0.3) is 0 Å². The minimum absolute atomic E-state index is 0.0722. The number of thiazole rings is 1. The van der Waals surface area contributed by atoms with Crippen molar-refractivity contribution >= 4 is 38.3 Å². The molecule has 0 bridgehead atoms. The van der Waals surface area contributed by atoms with Crippen molar-refractivity contribution in [1.82, 2.24) is 15.6 Å². The average Bonchev–Trinajstić information content (AvgIpc) is 3.32. The first-order valence-electron chi connectivity index (χ1n) is 11.7. The van der Waals surface area contributed by atoms with Gasteiger partial charge in [-0.1, -0.05) is 37.3 Å². The summed E-state index contributed by atoms with van der Waals surface area (Å²) in [5.74, 6) is -4.30. The van der Waals surface area contributed by atoms with Gasteiger partial charge >= 0.3 is 0 Å². The van der Waals surface area contributed by atoms with Crippen molar-refractivity contribution < 1.29 is 37.0 Å². The summed E-state index contributed by atoms with van der Waals surface area (Å²) in [6.07, 6.45) is -2.82. The monoisotopic (exact) mass is 582 g/mol. The lowest BCUT2D eigenvalue weighted by molar-refractivity contribution is -0.131. The Kier molecular flexibility index (Phi) is 10.1. The third-order valence-corrected chi connectivity index (χ3v) is 7.15. The maximum Gasteiger partial charge on any atom is 0.271 e. The minimum atomic E-state index is -3.64. The predicted molar refractivity (Wildman–Crippen MR) is 141 cm³/mol. The summed E-state index contributed by atoms with van der Waals surface area (Å²) in [5, 5.41) is 28.2. The first kappa shape index (κ1) is 30.1. The van der Waals surface area contributed by atoms with Crippen molar-refractivity contribution in [3.05, 3.63) is 82.4 Å². The Morgan fingerprint density at radius 3 is 2.28 bits per heavy atom. The number of benzene rings is 2. The van der Waals surface area contributed by atoms with Crippen molar-refractivity contribution in [1.29, 1.82) is 0 Å². The summed E-state index contributed by atoms with van der Waals surface area (Å²) < 4.78 is 52.6. The van der Waals surface area contributed by atoms with Crippen molar-refractivity contribution in [3.8, 4) is 0 Å². The van der Waals surface area contributed by atoms with E-state index in [1.807, 2.05) is 6.07 Å². The number of amides is 2. The first-order valence-corrected chi connectivity index (χ1v) is 14.5. The topological polar surface area (TPSA) is 158 Å². The molecule has 0 radical (unpaired) electrons. The van der Waals surface area contributed by atoms with Gasteiger partial charge in [0, 0.05) is 18.0 Å². The third kappa shape index (κ3) is 9.06. The van der Waals surface area contributed by atoms with Crippen LogP contribution in [0.1, 0.15) is 28.5 Å². The predicted octanol–water partition coefficient (Wildman–Crippen LogP) is 1.81. The number of rotatable bonds is 12. The largest absolute Gasteiger partial charge is 0.390 e. The van der Waals surface area contributed by atoms with E-state index in [1.54, 1.807) is 24.3 Å². The summed E-state index contributed by atoms with van der Waals surface area (Å²) in [4.78, 5) is 29.4. The highest BCUT2D eigenvalue weighted by Crippen LogP contribution is 2.20. The van der Waals surface area contributed by atoms with E-state index in [4.69, 9.17) is 0 Å². The molecule has 0 aliphatic rings. The molecule has 0 saturated carbocycles. The molecular formula is C25H28F2N4O6S2. The zero-order valence-corrected chi connectivity index (χ0v) is 22.6. The minimum Gasteiger partial charge on any atom is -0.390 e. The van der Waals surface area contributed by atoms with E-state index in [9.17, 15) is 37.0 Å². The lowest BCUT2D eigenvalue weighted by Gasteiger charge is -2.30. The summed E-state index contributed by atoms with van der Waals surface area (Å²) in [5.41, 5.74) is 0.694. The maximum absolute atomic E-state index is 13.8. The van der Waals surface area contributed by atoms with Gasteiger partial charge in [0.05, 0.1) is 24.3 Å². The molecule has 0 saturated heterocycles. The second-order valence-electron chi connectivity index (χ2n) is 8.95. The first-order chi connectivity index (χ1) is 18.3. The standard InChI is InChI=1S/C25H28F2N4O6S2/c1-14(23(34)28-12-15-6-4-3-5-7-15)21(32)22(33)19(10-16-8-17(26)11-18(27)9-16)29-24(35)20-13-38-25(30-20)31-39(2,36)37/h3-9,11,13-14,19,21-22,32-33H,10,12H2,1-2H3,(H,28,34)(H,29,35)(H,30,31)/t14-,19+,21-,22-/m1/s1. The molecule has 5 N–H and O–H groups in total. The van der Waals surface area contributed by atoms with E-state index in [0.717, 1.165) is 35.3 Å². The maximum atomic E-state index is 13.8. The van der Waals surface area contributed by atoms with Crippen molar-refractivity contribution in [3.63, 3.8) is 0 Å². The second-order valence-corrected chi connectivity index (χ2v) is 11.6. The number of aliphatic hydroxyl groups is 2. The van der Waals surface area contributed by atoms with Crippen LogP contribution < -0.4 is 15.4 Å². The van der Waals surface area contributed by atoms with E-state index in [0.29, 0.717) is 6.07 Å². The number of halogens is 2. The molecule has 3 aromatic rings. The summed E-state index contributed by atoms with van der Waals surface area (Å²) in [6.45, 7) is 1.57. The molecule has 0 aliphatic heterocycles. The van der Waals surface area contributed by atoms with Gasteiger partial charge in [0.1, 0.15) is 23.4 Å². The molecule has 0 unspecified atom stereocenters. The van der Waals surface area contributed by atoms with Crippen LogP contribution in [-0.4, -0.2) is 59.9 Å². The third-order valence-electron chi connectivity index (χ3n) is 5.70. The number of sulfonamides is 1. The summed E-state index contributed by atoms with van der Waals surface area (Å²) in [6, 6.07) is 10.4. The number of aromatic nitrogens is 1. The number of anilines is 1. The molecule has 0 aliphatic carbocycles. The Morgan fingerprint density at radius 1 is 1.03 bits per heavy atom. The Labute approximate surface area is 228 Å². The number of hydrogen-bond acceptors (Lipinski definition) is 8. The van der Waals surface area contributed by atoms with E-state index < -0.39 is 57.6 Å². The summed E-state index contributed by atoms with van der Waals surface area (Å²) >= 11 is 0.841. The SMILES string of the molecule is C[C@@H](C(=O)NCc1ccccc1)[C@@H](O)[C@H](O)[C@H](Cc1cc(F)cc(F)c1)NC(=O)c1csc(NS(C)(=O)=O)n1. The number of carbonyl (C=O) groups excluding carboxylic acids is 2. The smallest absolute Gasteiger partial charge is 0.271 e. The molecule has 210 valence electrons. The Hall–Kier alpha value is -3.46. The highest BCUT2D eigenvalue weighted by atomic mass is 32.2. The van der Waals surface area contributed by atoms with Gasteiger partial charge in [-0.25, -0.2) is 22.2 Å². The normalized spacial score (nSPS) is 14.6. The summed E-state index contributed by atoms with van der Waals surface area (Å²) in [7, 11) is -3.64. The molecule has 0 fully saturated rings. The highest BCUT2D eigenvalue weighted by molar-refractivity contribution is 7.92. The number of nitrogens with zero attached hydrogens (tertiary/aromatic N) is 1. The van der Waals surface area contributed by atoms with Crippen LogP contribution >= 0.6 is 11.3 Å². The van der Waals surface area contributed by atoms with Gasteiger partial charge in [0.2, 0.25) is 15.9 Å². The van der Waals surface area contributed by atoms with Crippen molar-refractivity contribution in [2.75, 3.05) is 11.0 Å². The van der Waals surface area contributed by atoms with Crippen LogP contribution in [0.2, 0.25) is 0 Å². The van der Waals surface area contributed by atoms with Crippen LogP contribution in [0.5, 0.6) is 0 Å². The van der Waals surface area contributed by atoms with Crippen molar-refractivity contribution in [2.24, 2.45) is 5.92 Å². The fourth-order valence-corrected chi connectivity index (χ4v) is 5.24. The zero-order chi connectivity index (χ0) is 28.7. The second kappa shape index (κ2) is 13.1. The molecule has 39 heavy (non-hydrogen) atoms. The van der Waals surface area contributed by atoms with Gasteiger partial charge in [-0.05, 0) is 29.7 Å². The molecule has 4 atom stereocenters. The fourth-order valence-electron chi connectivity index (χ4n) is 3.70. The van der Waals surface area contributed by atoms with Crippen LogP contribution in [-0.2, 0) is 27.8 Å². The number of nitrogens with one attached hydrogen (secondary N) is 3. The van der Waals surface area contributed by atoms with E-state index in [1.165, 1.54) is 12.3 Å². The van der Waals surface area contributed by atoms with Gasteiger partial charge in [0.25, 0.3) is 5.91 Å². The number of aliphatic hydroxyl groups excluding tert-OH is 2. The lowest BCUT2D eigenvalue weighted by atomic mass is 9.90. The van der Waals surface area contributed by atoms with E-state index in [2.05, 4.69) is 20.3 Å². The Bertz CT molecular complexity index is 1380. The van der Waals surface area contributed by atoms with Crippen LogP contribution in [0, 0.1) is 17.6 Å². The lowest BCUT2D eigenvalue weighted by Crippen LogP contribution is -2.53. The fraction of sp³-hybridized carbons (Fsp3) is 0.320. The zero-order valence-electron chi connectivity index (χ0n) is 21.0. The number of carbonyl (C=O) groups is 2. The number of hydrogen-bond donors (Lipinski definition) is 5.